The third kappa shape index (κ3) is 3.04. The monoisotopic (exact) mass is 619 g/mol. The van der Waals surface area contributed by atoms with Gasteiger partial charge in [-0.3, -0.25) is 4.79 Å². The molecule has 3 fully saturated rings. The maximum atomic E-state index is 16.4. The van der Waals surface area contributed by atoms with Gasteiger partial charge in [-0.15, -0.1) is 0 Å². The van der Waals surface area contributed by atoms with Crippen LogP contribution in [0, 0.1) is 11.3 Å². The molecular weight excluding hydrogens is 576 g/mol. The summed E-state index contributed by atoms with van der Waals surface area (Å²) in [5.74, 6) is -4.18. The summed E-state index contributed by atoms with van der Waals surface area (Å²) in [6.45, 7) is 15.6. The Morgan fingerprint density at radius 3 is 2.44 bits per heavy atom. The Kier molecular flexibility index (Phi) is 4.91. The van der Waals surface area contributed by atoms with E-state index < -0.39 is 51.0 Å². The molecule has 6 nitrogen and oxygen atoms in total. The third-order valence-electron chi connectivity index (χ3n) is 13.5. The second-order valence-electron chi connectivity index (χ2n) is 17.1. The highest BCUT2D eigenvalue weighted by molar-refractivity contribution is 5.97. The summed E-state index contributed by atoms with van der Waals surface area (Å²) in [5.41, 5.74) is 0.0478. The van der Waals surface area contributed by atoms with E-state index in [2.05, 4.69) is 18.8 Å². The minimum Gasteiger partial charge on any atom is -0.385 e. The van der Waals surface area contributed by atoms with E-state index in [9.17, 15) is 9.90 Å². The van der Waals surface area contributed by atoms with Crippen molar-refractivity contribution in [3.8, 4) is 0 Å². The number of rotatable bonds is 0. The molecule has 2 saturated carbocycles. The van der Waals surface area contributed by atoms with E-state index in [4.69, 9.17) is 14.2 Å². The van der Waals surface area contributed by atoms with Gasteiger partial charge in [0.2, 0.25) is 0 Å². The minimum atomic E-state index is -3.13. The van der Waals surface area contributed by atoms with E-state index in [1.54, 1.807) is 26.0 Å². The molecule has 6 atom stereocenters. The van der Waals surface area contributed by atoms with Crippen molar-refractivity contribution >= 4 is 22.3 Å². The first-order valence-electron chi connectivity index (χ1n) is 16.6. The molecule has 1 aromatic heterocycles. The number of H-pyrrole nitrogens is 1. The van der Waals surface area contributed by atoms with Crippen LogP contribution in [0.1, 0.15) is 110 Å². The number of aromatic amines is 1. The third-order valence-corrected chi connectivity index (χ3v) is 13.5. The van der Waals surface area contributed by atoms with Crippen molar-refractivity contribution in [2.24, 2.45) is 11.3 Å². The van der Waals surface area contributed by atoms with Crippen molar-refractivity contribution in [1.82, 2.24) is 4.98 Å². The van der Waals surface area contributed by atoms with Gasteiger partial charge in [-0.25, -0.2) is 0 Å². The van der Waals surface area contributed by atoms with Gasteiger partial charge in [0, 0.05) is 57.0 Å². The highest BCUT2D eigenvalue weighted by Crippen LogP contribution is 2.72. The van der Waals surface area contributed by atoms with Crippen molar-refractivity contribution in [3.05, 3.63) is 51.7 Å². The molecule has 4 heterocycles. The standard InChI is InChI=1S/C37H43F2NO5/c1-30(2)17-22-19-15-24-20(14-23(19)37(38,39)27(22)31(3,4)44-30)21-13-18-9-10-35(42)26-16-25(41)29-32(5,6)45-36(26,43-29)12-11-33(35,7)34(18,8)28(21)40-24/h14-16,18,29,40,42H,9-13,17H2,1-8H3/t18-,29-,33+,34+,35+,36-/m0/s1. The van der Waals surface area contributed by atoms with Gasteiger partial charge in [0.05, 0.1) is 16.8 Å². The number of aliphatic hydroxyl groups is 1. The van der Waals surface area contributed by atoms with Crippen LogP contribution in [0.4, 0.5) is 8.78 Å². The van der Waals surface area contributed by atoms with E-state index in [0.29, 0.717) is 42.4 Å². The van der Waals surface area contributed by atoms with Gasteiger partial charge >= 0.3 is 0 Å². The molecule has 0 radical (unpaired) electrons. The molecule has 240 valence electrons. The van der Waals surface area contributed by atoms with Crippen LogP contribution < -0.4 is 0 Å². The van der Waals surface area contributed by atoms with E-state index in [-0.39, 0.29) is 22.8 Å². The largest absolute Gasteiger partial charge is 0.385 e. The quantitative estimate of drug-likeness (QED) is 0.327. The average molecular weight is 620 g/mol. The van der Waals surface area contributed by atoms with E-state index >= 15 is 8.78 Å². The van der Waals surface area contributed by atoms with Crippen LogP contribution in [0.15, 0.2) is 29.4 Å². The maximum Gasteiger partial charge on any atom is 0.298 e. The zero-order valence-corrected chi connectivity index (χ0v) is 27.5. The molecule has 0 unspecified atom stereocenters. The van der Waals surface area contributed by atoms with Crippen LogP contribution in [-0.4, -0.2) is 50.2 Å². The number of alkyl halides is 2. The highest BCUT2D eigenvalue weighted by Gasteiger charge is 2.75. The van der Waals surface area contributed by atoms with Gasteiger partial charge in [-0.05, 0) is 108 Å². The molecule has 1 saturated heterocycles. The minimum absolute atomic E-state index is 0.0668. The molecule has 45 heavy (non-hydrogen) atoms. The van der Waals surface area contributed by atoms with Crippen LogP contribution in [-0.2, 0) is 36.8 Å². The number of carbonyl (C=O) groups excluding carboxylic acids is 1. The summed E-state index contributed by atoms with van der Waals surface area (Å²) in [6, 6.07) is 3.67. The molecular formula is C37H43F2NO5. The number of fused-ring (bicyclic) bond motifs is 11. The van der Waals surface area contributed by atoms with E-state index in [0.717, 1.165) is 35.0 Å². The molecule has 2 N–H and O–H groups in total. The maximum absolute atomic E-state index is 16.4. The molecule has 7 aliphatic rings. The first-order chi connectivity index (χ1) is 20.7. The first kappa shape index (κ1) is 28.8. The molecule has 2 aromatic rings. The van der Waals surface area contributed by atoms with Crippen LogP contribution in [0.25, 0.3) is 16.5 Å². The SMILES string of the molecule is CC1(C)CC2=C(C(C)(C)O1)C(F)(F)c1cc3c4c([nH]c3cc12)[C@@]1(C)[C@@H](CC[C@@]2(O)C3=CC(=O)[C@@H]5O[C@@]3(CC[C@@]21C)OC5(C)C)C4. The van der Waals surface area contributed by atoms with Crippen LogP contribution >= 0.6 is 0 Å². The number of aromatic nitrogens is 1. The van der Waals surface area contributed by atoms with Crippen LogP contribution in [0.2, 0.25) is 0 Å². The van der Waals surface area contributed by atoms with Crippen molar-refractivity contribution in [2.75, 3.05) is 0 Å². The van der Waals surface area contributed by atoms with Gasteiger partial charge < -0.3 is 24.3 Å². The number of nitrogens with one attached hydrogen (secondary N) is 1. The van der Waals surface area contributed by atoms with Gasteiger partial charge in [0.25, 0.3) is 5.92 Å². The van der Waals surface area contributed by atoms with Crippen molar-refractivity contribution < 1.29 is 32.9 Å². The van der Waals surface area contributed by atoms with Crippen molar-refractivity contribution in [3.63, 3.8) is 0 Å². The van der Waals surface area contributed by atoms with Crippen LogP contribution in [0.5, 0.6) is 0 Å². The van der Waals surface area contributed by atoms with Gasteiger partial charge in [0.1, 0.15) is 5.60 Å². The lowest BCUT2D eigenvalue weighted by atomic mass is 9.42. The highest BCUT2D eigenvalue weighted by atomic mass is 19.3. The fourth-order valence-electron chi connectivity index (χ4n) is 11.6. The number of halogens is 2. The Bertz CT molecular complexity index is 1850. The summed E-state index contributed by atoms with van der Waals surface area (Å²) in [6.07, 6.45) is 4.50. The smallest absolute Gasteiger partial charge is 0.298 e. The predicted octanol–water partition coefficient (Wildman–Crippen LogP) is 7.16. The fraction of sp³-hybridized carbons (Fsp3) is 0.649. The lowest BCUT2D eigenvalue weighted by molar-refractivity contribution is -0.247. The molecule has 4 aliphatic carbocycles. The summed E-state index contributed by atoms with van der Waals surface area (Å²) in [4.78, 5) is 17.1. The van der Waals surface area contributed by atoms with Crippen LogP contribution in [0.3, 0.4) is 0 Å². The Morgan fingerprint density at radius 1 is 0.978 bits per heavy atom. The Hall–Kier alpha value is -2.39. The Morgan fingerprint density at radius 2 is 1.71 bits per heavy atom. The lowest BCUT2D eigenvalue weighted by Gasteiger charge is -2.65. The van der Waals surface area contributed by atoms with Crippen molar-refractivity contribution in [2.45, 2.75) is 140 Å². The number of ketones is 1. The summed E-state index contributed by atoms with van der Waals surface area (Å²) >= 11 is 0. The number of carbonyl (C=O) groups is 1. The topological polar surface area (TPSA) is 80.8 Å². The Labute approximate surface area is 262 Å². The summed E-state index contributed by atoms with van der Waals surface area (Å²) in [5, 5.41) is 13.7. The second-order valence-corrected chi connectivity index (χ2v) is 17.1. The number of hydrogen-bond acceptors (Lipinski definition) is 5. The summed E-state index contributed by atoms with van der Waals surface area (Å²) < 4.78 is 51.9. The zero-order valence-electron chi connectivity index (χ0n) is 27.5. The second kappa shape index (κ2) is 7.67. The zero-order chi connectivity index (χ0) is 32.1. The number of hydrogen-bond donors (Lipinski definition) is 2. The molecule has 1 aromatic carbocycles. The van der Waals surface area contributed by atoms with E-state index in [1.165, 1.54) is 0 Å². The molecule has 1 spiro atoms. The Balaban J connectivity index is 1.20. The number of ether oxygens (including phenoxy) is 3. The lowest BCUT2D eigenvalue weighted by Crippen LogP contribution is -2.69. The van der Waals surface area contributed by atoms with Gasteiger partial charge in [-0.2, -0.15) is 8.78 Å². The van der Waals surface area contributed by atoms with Gasteiger partial charge in [0.15, 0.2) is 17.7 Å². The molecule has 8 heteroatoms. The molecule has 9 rings (SSSR count). The summed E-state index contributed by atoms with van der Waals surface area (Å²) in [7, 11) is 0. The molecule has 3 aliphatic heterocycles. The van der Waals surface area contributed by atoms with Gasteiger partial charge in [-0.1, -0.05) is 13.8 Å². The normalized spacial score (nSPS) is 42.5. The fourth-order valence-corrected chi connectivity index (χ4v) is 11.6. The molecule has 2 bridgehead atoms. The van der Waals surface area contributed by atoms with E-state index in [1.807, 2.05) is 33.8 Å². The van der Waals surface area contributed by atoms with Crippen molar-refractivity contribution in [1.29, 1.82) is 0 Å². The molecule has 0 amide bonds. The predicted molar refractivity (Wildman–Crippen MR) is 165 cm³/mol. The number of benzene rings is 1. The average Bonchev–Trinajstić information content (AvgIpc) is 3.55. The first-order valence-corrected chi connectivity index (χ1v) is 16.6.